The highest BCUT2D eigenvalue weighted by Crippen LogP contribution is 2.19. The van der Waals surface area contributed by atoms with E-state index >= 15 is 0 Å². The molecule has 0 radical (unpaired) electrons. The van der Waals surface area contributed by atoms with Crippen molar-refractivity contribution in [3.63, 3.8) is 0 Å². The van der Waals surface area contributed by atoms with Gasteiger partial charge in [-0.25, -0.2) is 9.37 Å². The first-order valence-electron chi connectivity index (χ1n) is 6.39. The molecule has 2 aromatic rings. The van der Waals surface area contributed by atoms with Gasteiger partial charge in [0.1, 0.15) is 11.6 Å². The first-order valence-corrected chi connectivity index (χ1v) is 6.77. The summed E-state index contributed by atoms with van der Waals surface area (Å²) in [5.74, 6) is -0.00808. The van der Waals surface area contributed by atoms with Crippen molar-refractivity contribution in [2.45, 2.75) is 19.4 Å². The summed E-state index contributed by atoms with van der Waals surface area (Å²) >= 11 is 5.75. The molecule has 3 rings (SSSR count). The van der Waals surface area contributed by atoms with Gasteiger partial charge in [0.2, 0.25) is 0 Å². The van der Waals surface area contributed by atoms with Crippen molar-refractivity contribution < 1.29 is 4.39 Å². The fourth-order valence-corrected chi connectivity index (χ4v) is 2.56. The minimum absolute atomic E-state index is 0.0736. The van der Waals surface area contributed by atoms with Gasteiger partial charge in [-0.15, -0.1) is 0 Å². The van der Waals surface area contributed by atoms with Crippen molar-refractivity contribution in [1.82, 2.24) is 15.3 Å². The van der Waals surface area contributed by atoms with Gasteiger partial charge in [-0.3, -0.25) is 4.79 Å². The second kappa shape index (κ2) is 5.34. The van der Waals surface area contributed by atoms with Crippen molar-refractivity contribution >= 4 is 11.6 Å². The zero-order valence-electron chi connectivity index (χ0n) is 10.7. The number of aromatic amines is 1. The molecule has 1 aliphatic heterocycles. The Morgan fingerprint density at radius 3 is 3.10 bits per heavy atom. The van der Waals surface area contributed by atoms with Crippen LogP contribution in [0.25, 0.3) is 0 Å². The molecule has 2 N–H and O–H groups in total. The van der Waals surface area contributed by atoms with Gasteiger partial charge in [0.25, 0.3) is 5.56 Å². The summed E-state index contributed by atoms with van der Waals surface area (Å²) in [5.41, 5.74) is 1.76. The molecule has 0 saturated heterocycles. The number of nitrogens with zero attached hydrogens (tertiary/aromatic N) is 1. The third-order valence-electron chi connectivity index (χ3n) is 3.38. The lowest BCUT2D eigenvalue weighted by Gasteiger charge is -2.16. The number of benzene rings is 1. The molecule has 6 heteroatoms. The number of H-pyrrole nitrogens is 1. The van der Waals surface area contributed by atoms with Crippen LogP contribution >= 0.6 is 11.6 Å². The molecule has 1 aliphatic rings. The molecule has 0 bridgehead atoms. The zero-order chi connectivity index (χ0) is 14.1. The summed E-state index contributed by atoms with van der Waals surface area (Å²) in [6.07, 6.45) is 0.887. The van der Waals surface area contributed by atoms with Crippen molar-refractivity contribution in [3.05, 3.63) is 62.0 Å². The minimum Gasteiger partial charge on any atom is -0.311 e. The molecular formula is C14H13ClFN3O. The molecule has 0 fully saturated rings. The van der Waals surface area contributed by atoms with Crippen LogP contribution in [0.4, 0.5) is 4.39 Å². The van der Waals surface area contributed by atoms with E-state index in [0.717, 1.165) is 17.8 Å². The van der Waals surface area contributed by atoms with Crippen molar-refractivity contribution in [2.24, 2.45) is 0 Å². The normalized spacial score (nSPS) is 14.1. The van der Waals surface area contributed by atoms with Crippen molar-refractivity contribution in [3.8, 4) is 0 Å². The van der Waals surface area contributed by atoms with E-state index in [1.165, 1.54) is 6.07 Å². The van der Waals surface area contributed by atoms with Crippen molar-refractivity contribution in [1.29, 1.82) is 0 Å². The molecule has 0 unspecified atom stereocenters. The van der Waals surface area contributed by atoms with Gasteiger partial charge < -0.3 is 10.3 Å². The molecule has 0 saturated carbocycles. The Bertz CT molecular complexity index is 714. The number of fused-ring (bicyclic) bond motifs is 1. The number of aromatic nitrogens is 2. The molecule has 1 aromatic carbocycles. The highest BCUT2D eigenvalue weighted by molar-refractivity contribution is 6.30. The summed E-state index contributed by atoms with van der Waals surface area (Å²) in [6.45, 7) is 1.35. The first kappa shape index (κ1) is 13.3. The lowest BCUT2D eigenvalue weighted by Crippen LogP contribution is -2.32. The van der Waals surface area contributed by atoms with Crippen molar-refractivity contribution in [2.75, 3.05) is 6.54 Å². The summed E-state index contributed by atoms with van der Waals surface area (Å²) < 4.78 is 13.9. The number of hydrogen-bond acceptors (Lipinski definition) is 3. The van der Waals surface area contributed by atoms with E-state index in [1.807, 2.05) is 0 Å². The summed E-state index contributed by atoms with van der Waals surface area (Å²) in [6, 6.07) is 4.81. The van der Waals surface area contributed by atoms with Crippen LogP contribution in [0.5, 0.6) is 0 Å². The van der Waals surface area contributed by atoms with Gasteiger partial charge in [0.05, 0.1) is 10.7 Å². The predicted octanol–water partition coefficient (Wildman–Crippen LogP) is 1.80. The fourth-order valence-electron chi connectivity index (χ4n) is 2.37. The van der Waals surface area contributed by atoms with E-state index in [-0.39, 0.29) is 17.0 Å². The molecule has 0 spiro atoms. The molecule has 20 heavy (non-hydrogen) atoms. The number of halogens is 2. The molecule has 104 valence electrons. The second-order valence-corrected chi connectivity index (χ2v) is 5.16. The van der Waals surface area contributed by atoms with Crippen LogP contribution in [0.3, 0.4) is 0 Å². The largest absolute Gasteiger partial charge is 0.311 e. The lowest BCUT2D eigenvalue weighted by atomic mass is 10.1. The zero-order valence-corrected chi connectivity index (χ0v) is 11.4. The minimum atomic E-state index is -0.465. The summed E-state index contributed by atoms with van der Waals surface area (Å²) in [4.78, 5) is 19.1. The van der Waals surface area contributed by atoms with Gasteiger partial charge in [0, 0.05) is 18.5 Å². The molecule has 2 heterocycles. The van der Waals surface area contributed by atoms with E-state index < -0.39 is 5.82 Å². The van der Waals surface area contributed by atoms with Gasteiger partial charge in [0.15, 0.2) is 0 Å². The Labute approximate surface area is 120 Å². The Hall–Kier alpha value is -1.72. The van der Waals surface area contributed by atoms with Crippen LogP contribution in [0.15, 0.2) is 23.0 Å². The maximum atomic E-state index is 13.9. The molecule has 1 aromatic heterocycles. The van der Waals surface area contributed by atoms with Gasteiger partial charge in [-0.2, -0.15) is 0 Å². The summed E-state index contributed by atoms with van der Waals surface area (Å²) in [7, 11) is 0. The third-order valence-corrected chi connectivity index (χ3v) is 3.68. The SMILES string of the molecule is O=c1[nH]c(Cc2cccc(Cl)c2F)nc2c1CCNC2. The fraction of sp³-hybridized carbons (Fsp3) is 0.286. The summed E-state index contributed by atoms with van der Waals surface area (Å²) in [5, 5.41) is 3.24. The van der Waals surface area contributed by atoms with Crippen LogP contribution < -0.4 is 10.9 Å². The second-order valence-electron chi connectivity index (χ2n) is 4.75. The van der Waals surface area contributed by atoms with Crippen LogP contribution in [0.2, 0.25) is 5.02 Å². The maximum Gasteiger partial charge on any atom is 0.254 e. The Kier molecular flexibility index (Phi) is 3.54. The van der Waals surface area contributed by atoms with Crippen LogP contribution in [-0.4, -0.2) is 16.5 Å². The van der Waals surface area contributed by atoms with Gasteiger partial charge >= 0.3 is 0 Å². The lowest BCUT2D eigenvalue weighted by molar-refractivity contribution is 0.602. The average molecular weight is 294 g/mol. The topological polar surface area (TPSA) is 57.8 Å². The number of nitrogens with one attached hydrogen (secondary N) is 2. The molecular weight excluding hydrogens is 281 g/mol. The predicted molar refractivity (Wildman–Crippen MR) is 74.5 cm³/mol. The average Bonchev–Trinajstić information content (AvgIpc) is 2.44. The Morgan fingerprint density at radius 1 is 1.40 bits per heavy atom. The van der Waals surface area contributed by atoms with E-state index in [2.05, 4.69) is 15.3 Å². The van der Waals surface area contributed by atoms with Crippen LogP contribution in [-0.2, 0) is 19.4 Å². The van der Waals surface area contributed by atoms with Crippen LogP contribution in [0, 0.1) is 5.82 Å². The highest BCUT2D eigenvalue weighted by atomic mass is 35.5. The molecule has 0 amide bonds. The Morgan fingerprint density at radius 2 is 2.25 bits per heavy atom. The standard InChI is InChI=1S/C14H13ClFN3O/c15-10-3-1-2-8(13(10)16)6-12-18-11-7-17-5-4-9(11)14(20)19-12/h1-3,17H,4-7H2,(H,18,19,20). The van der Waals surface area contributed by atoms with E-state index in [4.69, 9.17) is 11.6 Å². The molecule has 0 atom stereocenters. The molecule has 0 aliphatic carbocycles. The number of hydrogen-bond donors (Lipinski definition) is 2. The van der Waals surface area contributed by atoms with E-state index in [0.29, 0.717) is 24.4 Å². The quantitative estimate of drug-likeness (QED) is 0.888. The smallest absolute Gasteiger partial charge is 0.254 e. The Balaban J connectivity index is 1.97. The van der Waals surface area contributed by atoms with E-state index in [9.17, 15) is 9.18 Å². The highest BCUT2D eigenvalue weighted by Gasteiger charge is 2.16. The maximum absolute atomic E-state index is 13.9. The number of rotatable bonds is 2. The van der Waals surface area contributed by atoms with E-state index in [1.54, 1.807) is 12.1 Å². The molecule has 4 nitrogen and oxygen atoms in total. The van der Waals surface area contributed by atoms with Gasteiger partial charge in [-0.1, -0.05) is 23.7 Å². The monoisotopic (exact) mass is 293 g/mol. The van der Waals surface area contributed by atoms with Crippen LogP contribution in [0.1, 0.15) is 22.6 Å². The van der Waals surface area contributed by atoms with Gasteiger partial charge in [-0.05, 0) is 24.6 Å². The first-order chi connectivity index (χ1) is 9.65. The third kappa shape index (κ3) is 2.46.